The van der Waals surface area contributed by atoms with Crippen molar-refractivity contribution in [3.05, 3.63) is 22.8 Å². The van der Waals surface area contributed by atoms with Gasteiger partial charge in [-0.3, -0.25) is 14.4 Å². The van der Waals surface area contributed by atoms with Crippen molar-refractivity contribution in [2.45, 2.75) is 130 Å². The van der Waals surface area contributed by atoms with Gasteiger partial charge in [0.15, 0.2) is 29.5 Å². The van der Waals surface area contributed by atoms with E-state index >= 15 is 0 Å². The lowest BCUT2D eigenvalue weighted by Crippen LogP contribution is -2.64. The lowest BCUT2D eigenvalue weighted by molar-refractivity contribution is -0.214. The molecule has 2 fully saturated rings. The minimum Gasteiger partial charge on any atom is -0.459 e. The van der Waals surface area contributed by atoms with Gasteiger partial charge in [-0.05, 0) is 58.1 Å². The Balaban J connectivity index is 2.34. The Morgan fingerprint density at radius 3 is 2.20 bits per heavy atom. The van der Waals surface area contributed by atoms with Gasteiger partial charge in [0, 0.05) is 25.3 Å². The van der Waals surface area contributed by atoms with Crippen LogP contribution in [0.3, 0.4) is 0 Å². The average molecular weight is 623 g/mol. The Morgan fingerprint density at radius 2 is 1.68 bits per heavy atom. The van der Waals surface area contributed by atoms with Crippen molar-refractivity contribution in [2.24, 2.45) is 17.8 Å². The maximum absolute atomic E-state index is 13.2. The topological polar surface area (TPSA) is 172 Å². The zero-order chi connectivity index (χ0) is 33.5. The second-order valence-electron chi connectivity index (χ2n) is 13.0. The van der Waals surface area contributed by atoms with Crippen molar-refractivity contribution in [1.82, 2.24) is 0 Å². The molecule has 2 aliphatic carbocycles. The molecule has 0 spiro atoms. The number of carbonyl (C=O) groups is 5. The molecule has 9 atom stereocenters. The average Bonchev–Trinajstić information content (AvgIpc) is 3.25. The van der Waals surface area contributed by atoms with Gasteiger partial charge in [0.05, 0.1) is 11.8 Å². The lowest BCUT2D eigenvalue weighted by atomic mass is 9.75. The standard InChI is InChI=1S/C32H46O12/c1-11-16(5)27(35)40-20-14-30(9,44-19(8)33)23-22(26-32(20,39)31(10,38)29(37)43-26)18(7)24(42-28(36)17(6)12-2)25(23)41-21(34)13-15(3)4/h12,15-16,20,23-26,38-39H,11,13-14H2,1-10H3/b17-12-/t16-,20-,23+,24-,25-,26-,30-,31+,32+/m0/s1. The fourth-order valence-corrected chi connectivity index (χ4v) is 6.35. The Bertz CT molecular complexity index is 1260. The molecule has 0 radical (unpaired) electrons. The summed E-state index contributed by atoms with van der Waals surface area (Å²) in [6, 6.07) is 0. The van der Waals surface area contributed by atoms with Crippen LogP contribution in [0.5, 0.6) is 0 Å². The quantitative estimate of drug-likeness (QED) is 0.167. The second-order valence-corrected chi connectivity index (χ2v) is 13.0. The van der Waals surface area contributed by atoms with Crippen molar-refractivity contribution in [2.75, 3.05) is 0 Å². The number of hydrogen-bond donors (Lipinski definition) is 2. The van der Waals surface area contributed by atoms with Crippen LogP contribution in [-0.2, 0) is 47.7 Å². The molecule has 246 valence electrons. The molecule has 1 heterocycles. The van der Waals surface area contributed by atoms with Gasteiger partial charge in [-0.25, -0.2) is 9.59 Å². The third kappa shape index (κ3) is 6.02. The summed E-state index contributed by atoms with van der Waals surface area (Å²) in [6.07, 6.45) is -4.27. The zero-order valence-corrected chi connectivity index (χ0v) is 27.2. The Labute approximate surface area is 258 Å². The molecule has 0 aromatic carbocycles. The van der Waals surface area contributed by atoms with Gasteiger partial charge in [0.1, 0.15) is 11.7 Å². The van der Waals surface area contributed by atoms with Crippen LogP contribution in [0.2, 0.25) is 0 Å². The molecule has 1 aliphatic heterocycles. The van der Waals surface area contributed by atoms with Gasteiger partial charge in [0.25, 0.3) is 0 Å². The third-order valence-corrected chi connectivity index (χ3v) is 9.15. The predicted octanol–water partition coefficient (Wildman–Crippen LogP) is 2.86. The highest BCUT2D eigenvalue weighted by Gasteiger charge is 2.76. The number of ether oxygens (including phenoxy) is 5. The van der Waals surface area contributed by atoms with Crippen LogP contribution in [-0.4, -0.2) is 81.3 Å². The number of rotatable bonds is 9. The summed E-state index contributed by atoms with van der Waals surface area (Å²) in [6.45, 7) is 15.5. The number of allylic oxidation sites excluding steroid dienone is 1. The van der Waals surface area contributed by atoms with Crippen molar-refractivity contribution in [1.29, 1.82) is 0 Å². The smallest absolute Gasteiger partial charge is 0.341 e. The van der Waals surface area contributed by atoms with E-state index in [9.17, 15) is 34.2 Å². The Kier molecular flexibility index (Phi) is 10.1. The van der Waals surface area contributed by atoms with Gasteiger partial charge in [0.2, 0.25) is 0 Å². The summed E-state index contributed by atoms with van der Waals surface area (Å²) >= 11 is 0. The van der Waals surface area contributed by atoms with E-state index in [1.54, 1.807) is 40.7 Å². The minimum atomic E-state index is -2.59. The van der Waals surface area contributed by atoms with Crippen LogP contribution in [0.15, 0.2) is 22.8 Å². The maximum atomic E-state index is 13.2. The van der Waals surface area contributed by atoms with Crippen molar-refractivity contribution in [3.8, 4) is 0 Å². The molecule has 0 bridgehead atoms. The van der Waals surface area contributed by atoms with E-state index in [-0.39, 0.29) is 29.1 Å². The van der Waals surface area contributed by atoms with Crippen LogP contribution in [0.4, 0.5) is 0 Å². The zero-order valence-electron chi connectivity index (χ0n) is 27.2. The number of aliphatic hydroxyl groups is 2. The van der Waals surface area contributed by atoms with Crippen molar-refractivity contribution >= 4 is 29.8 Å². The number of fused-ring (bicyclic) bond motifs is 3. The molecule has 0 aromatic heterocycles. The van der Waals surface area contributed by atoms with Gasteiger partial charge < -0.3 is 33.9 Å². The highest BCUT2D eigenvalue weighted by atomic mass is 16.6. The summed E-state index contributed by atoms with van der Waals surface area (Å²) in [5.41, 5.74) is -6.19. The Hall–Kier alpha value is -3.25. The maximum Gasteiger partial charge on any atom is 0.341 e. The first-order chi connectivity index (χ1) is 20.3. The highest BCUT2D eigenvalue weighted by molar-refractivity contribution is 5.88. The van der Waals surface area contributed by atoms with Gasteiger partial charge in [-0.2, -0.15) is 0 Å². The van der Waals surface area contributed by atoms with Crippen LogP contribution in [0.1, 0.15) is 88.5 Å². The fraction of sp³-hybridized carbons (Fsp3) is 0.719. The summed E-state index contributed by atoms with van der Waals surface area (Å²) < 4.78 is 29.2. The lowest BCUT2D eigenvalue weighted by Gasteiger charge is -2.42. The van der Waals surface area contributed by atoms with Crippen LogP contribution in [0, 0.1) is 17.8 Å². The van der Waals surface area contributed by atoms with Crippen molar-refractivity contribution < 1.29 is 57.9 Å². The first kappa shape index (κ1) is 35.2. The van der Waals surface area contributed by atoms with Crippen molar-refractivity contribution in [3.63, 3.8) is 0 Å². The second kappa shape index (κ2) is 12.6. The molecule has 12 heteroatoms. The van der Waals surface area contributed by atoms with E-state index < -0.39 is 89.3 Å². The van der Waals surface area contributed by atoms with E-state index in [4.69, 9.17) is 23.7 Å². The van der Waals surface area contributed by atoms with E-state index in [1.165, 1.54) is 13.8 Å². The van der Waals surface area contributed by atoms with Crippen LogP contribution in [0.25, 0.3) is 0 Å². The summed E-state index contributed by atoms with van der Waals surface area (Å²) in [4.78, 5) is 65.0. The SMILES string of the molecule is C/C=C(/C)C(=O)O[C@H]1C(C)=C2[C@H]([C@@H]1OC(=O)CC(C)C)[C@@](C)(OC(C)=O)C[C@H](OC(=O)[C@@H](C)CC)[C@@]1(O)[C@H]2OC(=O)[C@@]1(C)O. The fourth-order valence-electron chi connectivity index (χ4n) is 6.35. The number of hydrogen-bond acceptors (Lipinski definition) is 12. The molecule has 2 N–H and O–H groups in total. The summed E-state index contributed by atoms with van der Waals surface area (Å²) in [5.74, 6) is -5.81. The van der Waals surface area contributed by atoms with E-state index in [1.807, 2.05) is 13.8 Å². The summed E-state index contributed by atoms with van der Waals surface area (Å²) in [5, 5.41) is 23.9. The van der Waals surface area contributed by atoms with Gasteiger partial charge >= 0.3 is 29.8 Å². The number of carbonyl (C=O) groups excluding carboxylic acids is 5. The molecule has 0 unspecified atom stereocenters. The first-order valence-electron chi connectivity index (χ1n) is 15.1. The molecule has 1 saturated heterocycles. The number of esters is 5. The third-order valence-electron chi connectivity index (χ3n) is 9.15. The minimum absolute atomic E-state index is 0.0165. The Morgan fingerprint density at radius 1 is 1.07 bits per heavy atom. The van der Waals surface area contributed by atoms with Crippen LogP contribution >= 0.6 is 0 Å². The summed E-state index contributed by atoms with van der Waals surface area (Å²) in [7, 11) is 0. The van der Waals surface area contributed by atoms with Gasteiger partial charge in [-0.15, -0.1) is 0 Å². The molecule has 44 heavy (non-hydrogen) atoms. The predicted molar refractivity (Wildman–Crippen MR) is 154 cm³/mol. The molecule has 12 nitrogen and oxygen atoms in total. The van der Waals surface area contributed by atoms with Gasteiger partial charge in [-0.1, -0.05) is 33.8 Å². The van der Waals surface area contributed by atoms with E-state index in [0.717, 1.165) is 6.92 Å². The van der Waals surface area contributed by atoms with E-state index in [2.05, 4.69) is 0 Å². The molecular weight excluding hydrogens is 576 g/mol. The molecule has 0 aromatic rings. The highest BCUT2D eigenvalue weighted by Crippen LogP contribution is 2.57. The molecule has 3 rings (SSSR count). The normalized spacial score (nSPS) is 35.7. The molecule has 3 aliphatic rings. The molecular formula is C32H46O12. The largest absolute Gasteiger partial charge is 0.459 e. The first-order valence-corrected chi connectivity index (χ1v) is 15.1. The van der Waals surface area contributed by atoms with E-state index in [0.29, 0.717) is 6.42 Å². The van der Waals surface area contributed by atoms with Crippen LogP contribution < -0.4 is 0 Å². The molecule has 1 saturated carbocycles. The monoisotopic (exact) mass is 622 g/mol. The molecule has 0 amide bonds.